The third kappa shape index (κ3) is 3.91. The quantitative estimate of drug-likeness (QED) is 0.570. The number of piperidine rings is 1. The number of aryl methyl sites for hydroxylation is 1. The zero-order chi connectivity index (χ0) is 21.2. The first-order valence-electron chi connectivity index (χ1n) is 11.4. The monoisotopic (exact) mass is 435 g/mol. The van der Waals surface area contributed by atoms with E-state index in [2.05, 4.69) is 37.7 Å². The fraction of sp³-hybridized carbons (Fsp3) is 0.500. The first kappa shape index (κ1) is 20.4. The first-order valence-corrected chi connectivity index (χ1v) is 12.3. The number of nitrogens with zero attached hydrogens (tertiary/aromatic N) is 5. The number of anilines is 1. The van der Waals surface area contributed by atoms with Crippen LogP contribution in [0.4, 0.5) is 5.82 Å². The molecule has 0 aromatic carbocycles. The Hall–Kier alpha value is -2.54. The van der Waals surface area contributed by atoms with Gasteiger partial charge < -0.3 is 9.80 Å². The van der Waals surface area contributed by atoms with Gasteiger partial charge in [-0.1, -0.05) is 18.9 Å². The second-order valence-corrected chi connectivity index (χ2v) is 9.63. The van der Waals surface area contributed by atoms with E-state index >= 15 is 0 Å². The predicted molar refractivity (Wildman–Crippen MR) is 125 cm³/mol. The van der Waals surface area contributed by atoms with Gasteiger partial charge in [-0.2, -0.15) is 0 Å². The van der Waals surface area contributed by atoms with Crippen LogP contribution < -0.4 is 4.90 Å². The van der Waals surface area contributed by atoms with Crippen molar-refractivity contribution in [1.29, 1.82) is 0 Å². The van der Waals surface area contributed by atoms with E-state index in [-0.39, 0.29) is 11.9 Å². The van der Waals surface area contributed by atoms with E-state index in [1.807, 2.05) is 12.3 Å². The molecule has 5 heterocycles. The summed E-state index contributed by atoms with van der Waals surface area (Å²) in [5.41, 5.74) is 2.15. The fourth-order valence-electron chi connectivity index (χ4n) is 5.00. The Morgan fingerprint density at radius 2 is 1.87 bits per heavy atom. The Morgan fingerprint density at radius 1 is 1.06 bits per heavy atom. The molecule has 162 valence electrons. The molecule has 3 aromatic heterocycles. The second-order valence-electron chi connectivity index (χ2n) is 8.63. The predicted octanol–water partition coefficient (Wildman–Crippen LogP) is 5.14. The molecule has 2 aliphatic rings. The van der Waals surface area contributed by atoms with Crippen molar-refractivity contribution >= 4 is 33.3 Å². The number of thiophene rings is 1. The molecule has 2 aliphatic heterocycles. The number of carbonyl (C=O) groups excluding carboxylic acids is 1. The summed E-state index contributed by atoms with van der Waals surface area (Å²) in [7, 11) is 0. The maximum atomic E-state index is 13.8. The third-order valence-electron chi connectivity index (χ3n) is 6.64. The van der Waals surface area contributed by atoms with E-state index in [1.54, 1.807) is 12.5 Å². The largest absolute Gasteiger partial charge is 0.356 e. The second kappa shape index (κ2) is 8.91. The Bertz CT molecular complexity index is 1060. The lowest BCUT2D eigenvalue weighted by Gasteiger charge is -2.35. The van der Waals surface area contributed by atoms with Crippen LogP contribution in [0.1, 0.15) is 71.8 Å². The maximum absolute atomic E-state index is 13.8. The molecule has 0 aliphatic carbocycles. The molecule has 31 heavy (non-hydrogen) atoms. The van der Waals surface area contributed by atoms with Crippen molar-refractivity contribution in [2.45, 2.75) is 57.9 Å². The lowest BCUT2D eigenvalue weighted by atomic mass is 9.96. The van der Waals surface area contributed by atoms with Crippen LogP contribution in [-0.2, 0) is 0 Å². The van der Waals surface area contributed by atoms with Gasteiger partial charge in [-0.15, -0.1) is 11.3 Å². The number of rotatable bonds is 3. The van der Waals surface area contributed by atoms with Crippen LogP contribution in [0.5, 0.6) is 0 Å². The summed E-state index contributed by atoms with van der Waals surface area (Å²) in [5, 5.41) is 1.06. The van der Waals surface area contributed by atoms with Crippen LogP contribution >= 0.6 is 11.3 Å². The minimum atomic E-state index is 0.0933. The lowest BCUT2D eigenvalue weighted by molar-refractivity contribution is 0.0615. The van der Waals surface area contributed by atoms with Crippen LogP contribution in [0.3, 0.4) is 0 Å². The van der Waals surface area contributed by atoms with Gasteiger partial charge in [-0.05, 0) is 56.2 Å². The summed E-state index contributed by atoms with van der Waals surface area (Å²) in [6.07, 6.45) is 13.5. The normalized spacial score (nSPS) is 20.1. The zero-order valence-corrected chi connectivity index (χ0v) is 18.9. The lowest BCUT2D eigenvalue weighted by Crippen LogP contribution is -2.38. The molecule has 0 bridgehead atoms. The zero-order valence-electron chi connectivity index (χ0n) is 18.1. The minimum Gasteiger partial charge on any atom is -0.356 e. The Morgan fingerprint density at radius 3 is 2.65 bits per heavy atom. The van der Waals surface area contributed by atoms with Gasteiger partial charge in [0.05, 0.1) is 16.3 Å². The highest BCUT2D eigenvalue weighted by atomic mass is 32.1. The Labute approximate surface area is 187 Å². The minimum absolute atomic E-state index is 0.0933. The van der Waals surface area contributed by atoms with Crippen molar-refractivity contribution in [3.8, 4) is 0 Å². The van der Waals surface area contributed by atoms with Crippen molar-refractivity contribution in [2.24, 2.45) is 0 Å². The van der Waals surface area contributed by atoms with Crippen molar-refractivity contribution < 1.29 is 4.79 Å². The fourth-order valence-corrected chi connectivity index (χ4v) is 6.10. The average molecular weight is 436 g/mol. The Kier molecular flexibility index (Phi) is 5.85. The van der Waals surface area contributed by atoms with E-state index in [0.717, 1.165) is 70.9 Å². The number of fused-ring (bicyclic) bond motifs is 1. The smallest absolute Gasteiger partial charge is 0.264 e. The highest BCUT2D eigenvalue weighted by Crippen LogP contribution is 2.39. The van der Waals surface area contributed by atoms with E-state index in [0.29, 0.717) is 0 Å². The molecular formula is C24H29N5OS. The topological polar surface area (TPSA) is 62.2 Å². The molecule has 0 radical (unpaired) electrons. The number of hydrogen-bond donors (Lipinski definition) is 0. The summed E-state index contributed by atoms with van der Waals surface area (Å²) < 4.78 is 0. The number of likely N-dealkylation sites (tertiary alicyclic amines) is 1. The van der Waals surface area contributed by atoms with Gasteiger partial charge in [0.15, 0.2) is 0 Å². The van der Waals surface area contributed by atoms with Gasteiger partial charge in [0.2, 0.25) is 0 Å². The van der Waals surface area contributed by atoms with E-state index < -0.39 is 0 Å². The molecule has 2 fully saturated rings. The van der Waals surface area contributed by atoms with Crippen molar-refractivity contribution in [3.05, 3.63) is 46.9 Å². The van der Waals surface area contributed by atoms with Gasteiger partial charge in [-0.25, -0.2) is 9.97 Å². The van der Waals surface area contributed by atoms with Crippen LogP contribution in [0.25, 0.3) is 10.2 Å². The van der Waals surface area contributed by atoms with Crippen LogP contribution in [-0.4, -0.2) is 45.4 Å². The summed E-state index contributed by atoms with van der Waals surface area (Å²) in [6, 6.07) is 4.14. The highest BCUT2D eigenvalue weighted by Gasteiger charge is 2.32. The van der Waals surface area contributed by atoms with Gasteiger partial charge in [-0.3, -0.25) is 9.78 Å². The summed E-state index contributed by atoms with van der Waals surface area (Å²) in [6.45, 7) is 4.91. The first-order chi connectivity index (χ1) is 15.2. The van der Waals surface area contributed by atoms with Gasteiger partial charge in [0.25, 0.3) is 5.91 Å². The van der Waals surface area contributed by atoms with E-state index in [9.17, 15) is 4.79 Å². The average Bonchev–Trinajstić information content (AvgIpc) is 2.99. The molecule has 1 amide bonds. The SMILES string of the molecule is Cc1c(C(=O)N2CCCCC2c2cccnc2)sc2ncnc(N3CCCCCC3)c12. The molecule has 6 nitrogen and oxygen atoms in total. The number of amides is 1. The van der Waals surface area contributed by atoms with Crippen LogP contribution in [0.15, 0.2) is 30.9 Å². The highest BCUT2D eigenvalue weighted by molar-refractivity contribution is 7.20. The number of carbonyl (C=O) groups is 1. The van der Waals surface area contributed by atoms with Crippen molar-refractivity contribution in [2.75, 3.05) is 24.5 Å². The van der Waals surface area contributed by atoms with E-state index in [1.165, 1.54) is 37.0 Å². The van der Waals surface area contributed by atoms with E-state index in [4.69, 9.17) is 0 Å². The van der Waals surface area contributed by atoms with Crippen molar-refractivity contribution in [1.82, 2.24) is 19.9 Å². The molecule has 1 atom stereocenters. The molecule has 0 N–H and O–H groups in total. The molecule has 2 saturated heterocycles. The molecule has 5 rings (SSSR count). The molecule has 1 unspecified atom stereocenters. The van der Waals surface area contributed by atoms with Crippen LogP contribution in [0.2, 0.25) is 0 Å². The summed E-state index contributed by atoms with van der Waals surface area (Å²) in [5.74, 6) is 1.12. The number of hydrogen-bond acceptors (Lipinski definition) is 6. The molecule has 7 heteroatoms. The number of pyridine rings is 1. The summed E-state index contributed by atoms with van der Waals surface area (Å²) >= 11 is 1.52. The molecule has 0 saturated carbocycles. The number of aromatic nitrogens is 3. The third-order valence-corrected chi connectivity index (χ3v) is 7.83. The molecular weight excluding hydrogens is 406 g/mol. The van der Waals surface area contributed by atoms with Gasteiger partial charge in [0, 0.05) is 32.0 Å². The van der Waals surface area contributed by atoms with Gasteiger partial charge in [0.1, 0.15) is 17.0 Å². The van der Waals surface area contributed by atoms with Crippen LogP contribution in [0, 0.1) is 6.92 Å². The maximum Gasteiger partial charge on any atom is 0.264 e. The van der Waals surface area contributed by atoms with Crippen molar-refractivity contribution in [3.63, 3.8) is 0 Å². The Balaban J connectivity index is 1.51. The summed E-state index contributed by atoms with van der Waals surface area (Å²) in [4.78, 5) is 33.5. The standard InChI is InChI=1S/C24H29N5OS/c1-17-20-22(28-12-5-2-3-6-13-28)26-16-27-23(20)31-21(17)24(30)29-14-7-4-10-19(29)18-9-8-11-25-15-18/h8-9,11,15-16,19H,2-7,10,12-14H2,1H3. The van der Waals surface area contributed by atoms with Gasteiger partial charge >= 0.3 is 0 Å². The molecule has 0 spiro atoms. The molecule has 3 aromatic rings.